The number of hydrogen-bond donors (Lipinski definition) is 0. The third-order valence-corrected chi connectivity index (χ3v) is 3.83. The van der Waals surface area contributed by atoms with Crippen LogP contribution in [0.2, 0.25) is 0 Å². The molecule has 0 saturated heterocycles. The first kappa shape index (κ1) is 15.0. The molecule has 0 radical (unpaired) electrons. The Morgan fingerprint density at radius 3 is 2.32 bits per heavy atom. The molecule has 4 rings (SSSR count). The summed E-state index contributed by atoms with van der Waals surface area (Å²) in [6.45, 7) is 1.81. The average Bonchev–Trinajstić information content (AvgIpc) is 2.87. The lowest BCUT2D eigenvalue weighted by molar-refractivity contribution is 0.0926. The highest BCUT2D eigenvalue weighted by molar-refractivity contribution is 6.34. The van der Waals surface area contributed by atoms with Crippen LogP contribution in [0.3, 0.4) is 0 Å². The van der Waals surface area contributed by atoms with Gasteiger partial charge in [0.05, 0.1) is 28.7 Å². The van der Waals surface area contributed by atoms with Crippen LogP contribution in [0.25, 0.3) is 0 Å². The molecule has 0 fully saturated rings. The maximum absolute atomic E-state index is 12.6. The number of benzene rings is 2. The second-order valence-electron chi connectivity index (χ2n) is 5.59. The minimum atomic E-state index is -0.340. The van der Waals surface area contributed by atoms with Crippen molar-refractivity contribution in [3.63, 3.8) is 0 Å². The topological polar surface area (TPSA) is 72.4 Å². The van der Waals surface area contributed by atoms with Crippen molar-refractivity contribution in [2.45, 2.75) is 6.92 Å². The molecule has 0 bridgehead atoms. The third-order valence-electron chi connectivity index (χ3n) is 3.83. The van der Waals surface area contributed by atoms with Crippen molar-refractivity contribution in [1.82, 2.24) is 9.97 Å². The summed E-state index contributed by atoms with van der Waals surface area (Å²) in [7, 11) is 0. The van der Waals surface area contributed by atoms with Gasteiger partial charge in [-0.05, 0) is 31.2 Å². The molecule has 0 atom stereocenters. The van der Waals surface area contributed by atoms with Gasteiger partial charge in [0.25, 0.3) is 11.8 Å². The van der Waals surface area contributed by atoms with Crippen molar-refractivity contribution in [2.75, 3.05) is 4.90 Å². The van der Waals surface area contributed by atoms with Crippen molar-refractivity contribution in [2.24, 2.45) is 0 Å². The quantitative estimate of drug-likeness (QED) is 0.688. The summed E-state index contributed by atoms with van der Waals surface area (Å²) in [5.41, 5.74) is 1.99. The van der Waals surface area contributed by atoms with Gasteiger partial charge in [0.2, 0.25) is 5.88 Å². The predicted octanol–water partition coefficient (Wildman–Crippen LogP) is 3.38. The second kappa shape index (κ2) is 5.83. The Bertz CT molecular complexity index is 965. The summed E-state index contributed by atoms with van der Waals surface area (Å²) in [6.07, 6.45) is 3.13. The van der Waals surface area contributed by atoms with Gasteiger partial charge in [0, 0.05) is 12.3 Å². The monoisotopic (exact) mass is 331 g/mol. The molecule has 2 aromatic carbocycles. The molecule has 1 aliphatic rings. The van der Waals surface area contributed by atoms with E-state index in [0.717, 1.165) is 10.6 Å². The smallest absolute Gasteiger partial charge is 0.266 e. The summed E-state index contributed by atoms with van der Waals surface area (Å²) in [6, 6.07) is 13.6. The van der Waals surface area contributed by atoms with Crippen LogP contribution in [0.5, 0.6) is 11.6 Å². The van der Waals surface area contributed by atoms with Gasteiger partial charge in [0.15, 0.2) is 0 Å². The standard InChI is InChI=1S/C19H13N3O3/c1-12-10-20-11-17(21-12)25-14-6-4-5-13(9-14)22-18(23)15-7-2-3-8-16(15)19(22)24/h2-11H,1H3. The first-order valence-corrected chi connectivity index (χ1v) is 7.68. The summed E-state index contributed by atoms with van der Waals surface area (Å²) in [5, 5.41) is 0. The van der Waals surface area contributed by atoms with Gasteiger partial charge >= 0.3 is 0 Å². The second-order valence-corrected chi connectivity index (χ2v) is 5.59. The number of imide groups is 1. The number of carbonyl (C=O) groups is 2. The number of aryl methyl sites for hydroxylation is 1. The molecule has 1 aliphatic heterocycles. The molecule has 6 nitrogen and oxygen atoms in total. The summed E-state index contributed by atoms with van der Waals surface area (Å²) in [4.78, 5) is 34.5. The molecule has 1 aromatic heterocycles. The summed E-state index contributed by atoms with van der Waals surface area (Å²) in [5.74, 6) is 0.134. The number of fused-ring (bicyclic) bond motifs is 1. The van der Waals surface area contributed by atoms with E-state index in [9.17, 15) is 9.59 Å². The Morgan fingerprint density at radius 1 is 0.920 bits per heavy atom. The number of anilines is 1. The normalized spacial score (nSPS) is 13.1. The van der Waals surface area contributed by atoms with Crippen molar-refractivity contribution < 1.29 is 14.3 Å². The van der Waals surface area contributed by atoms with Gasteiger partial charge in [-0.15, -0.1) is 0 Å². The zero-order valence-corrected chi connectivity index (χ0v) is 13.3. The number of ether oxygens (including phenoxy) is 1. The number of carbonyl (C=O) groups excluding carboxylic acids is 2. The molecule has 0 saturated carbocycles. The molecule has 0 N–H and O–H groups in total. The molecule has 122 valence electrons. The molecule has 0 aliphatic carbocycles. The van der Waals surface area contributed by atoms with Crippen LogP contribution in [-0.2, 0) is 0 Å². The van der Waals surface area contributed by atoms with Crippen molar-refractivity contribution in [3.8, 4) is 11.6 Å². The van der Waals surface area contributed by atoms with E-state index in [1.165, 1.54) is 6.20 Å². The Balaban J connectivity index is 1.67. The number of rotatable bonds is 3. The van der Waals surface area contributed by atoms with Gasteiger partial charge < -0.3 is 4.74 Å². The molecule has 25 heavy (non-hydrogen) atoms. The summed E-state index contributed by atoms with van der Waals surface area (Å²) >= 11 is 0. The van der Waals surface area contributed by atoms with Crippen LogP contribution in [0.4, 0.5) is 5.69 Å². The molecule has 0 unspecified atom stereocenters. The van der Waals surface area contributed by atoms with E-state index in [1.807, 2.05) is 6.92 Å². The highest BCUT2D eigenvalue weighted by Crippen LogP contribution is 2.31. The minimum Gasteiger partial charge on any atom is -0.437 e. The molecule has 3 aromatic rings. The zero-order valence-electron chi connectivity index (χ0n) is 13.3. The van der Waals surface area contributed by atoms with Gasteiger partial charge in [0.1, 0.15) is 5.75 Å². The Morgan fingerprint density at radius 2 is 1.64 bits per heavy atom. The highest BCUT2D eigenvalue weighted by atomic mass is 16.5. The fourth-order valence-corrected chi connectivity index (χ4v) is 2.72. The highest BCUT2D eigenvalue weighted by Gasteiger charge is 2.36. The average molecular weight is 331 g/mol. The van der Waals surface area contributed by atoms with E-state index >= 15 is 0 Å². The lowest BCUT2D eigenvalue weighted by Gasteiger charge is -2.15. The molecule has 2 heterocycles. The van der Waals surface area contributed by atoms with Crippen LogP contribution in [-0.4, -0.2) is 21.8 Å². The van der Waals surface area contributed by atoms with E-state index in [2.05, 4.69) is 9.97 Å². The van der Waals surface area contributed by atoms with E-state index in [0.29, 0.717) is 28.4 Å². The molecule has 2 amide bonds. The number of amides is 2. The van der Waals surface area contributed by atoms with E-state index in [-0.39, 0.29) is 11.8 Å². The van der Waals surface area contributed by atoms with Gasteiger partial charge in [-0.1, -0.05) is 18.2 Å². The van der Waals surface area contributed by atoms with E-state index < -0.39 is 0 Å². The van der Waals surface area contributed by atoms with Crippen molar-refractivity contribution in [1.29, 1.82) is 0 Å². The van der Waals surface area contributed by atoms with Crippen molar-refractivity contribution in [3.05, 3.63) is 77.7 Å². The Kier molecular flexibility index (Phi) is 3.50. The van der Waals surface area contributed by atoms with Crippen LogP contribution < -0.4 is 9.64 Å². The molecular weight excluding hydrogens is 318 g/mol. The lowest BCUT2D eigenvalue weighted by Crippen LogP contribution is -2.29. The van der Waals surface area contributed by atoms with E-state index in [4.69, 9.17) is 4.74 Å². The predicted molar refractivity (Wildman–Crippen MR) is 90.9 cm³/mol. The van der Waals surface area contributed by atoms with Crippen LogP contribution in [0, 0.1) is 6.92 Å². The van der Waals surface area contributed by atoms with Gasteiger partial charge in [-0.2, -0.15) is 0 Å². The number of hydrogen-bond acceptors (Lipinski definition) is 5. The van der Waals surface area contributed by atoms with Crippen LogP contribution in [0.1, 0.15) is 26.4 Å². The first-order chi connectivity index (χ1) is 12.1. The van der Waals surface area contributed by atoms with Gasteiger partial charge in [-0.3, -0.25) is 14.6 Å². The Labute approximate surface area is 143 Å². The molecule has 0 spiro atoms. The number of nitrogens with zero attached hydrogens (tertiary/aromatic N) is 3. The minimum absolute atomic E-state index is 0.340. The maximum Gasteiger partial charge on any atom is 0.266 e. The SMILES string of the molecule is Cc1cncc(Oc2cccc(N3C(=O)c4ccccc4C3=O)c2)n1. The molecule has 6 heteroatoms. The third kappa shape index (κ3) is 2.63. The Hall–Kier alpha value is -3.54. The zero-order chi connectivity index (χ0) is 17.4. The van der Waals surface area contributed by atoms with Crippen LogP contribution >= 0.6 is 0 Å². The number of aromatic nitrogens is 2. The van der Waals surface area contributed by atoms with Crippen LogP contribution in [0.15, 0.2) is 60.9 Å². The fraction of sp³-hybridized carbons (Fsp3) is 0.0526. The van der Waals surface area contributed by atoms with Crippen molar-refractivity contribution >= 4 is 17.5 Å². The van der Waals surface area contributed by atoms with E-state index in [1.54, 1.807) is 54.7 Å². The summed E-state index contributed by atoms with van der Waals surface area (Å²) < 4.78 is 5.68. The first-order valence-electron chi connectivity index (χ1n) is 7.68. The lowest BCUT2D eigenvalue weighted by atomic mass is 10.1. The maximum atomic E-state index is 12.6. The largest absolute Gasteiger partial charge is 0.437 e. The molecular formula is C19H13N3O3. The fourth-order valence-electron chi connectivity index (χ4n) is 2.72. The van der Waals surface area contributed by atoms with Gasteiger partial charge in [-0.25, -0.2) is 9.88 Å².